The largest absolute Gasteiger partial charge is 0.472 e. The third-order valence-electron chi connectivity index (χ3n) is 9.52. The highest BCUT2D eigenvalue weighted by Crippen LogP contribution is 2.48. The molecule has 2 N–H and O–H groups in total. The van der Waals surface area contributed by atoms with Crippen LogP contribution in [0, 0.1) is 23.0 Å². The first-order valence-electron chi connectivity index (χ1n) is 15.5. The first-order valence-corrected chi connectivity index (χ1v) is 16.3. The first kappa shape index (κ1) is 32.9. The highest BCUT2D eigenvalue weighted by molar-refractivity contribution is 7.23. The number of alkyl halides is 4. The minimum Gasteiger partial charge on any atom is -0.472 e. The first-order chi connectivity index (χ1) is 23.3. The topological polar surface area (TPSA) is 118 Å². The van der Waals surface area contributed by atoms with Crippen molar-refractivity contribution in [3.63, 3.8) is 0 Å². The number of hydrogen-bond acceptors (Lipinski definition) is 9. The van der Waals surface area contributed by atoms with Gasteiger partial charge in [-0.05, 0) is 43.2 Å². The second-order valence-electron chi connectivity index (χ2n) is 12.5. The highest BCUT2D eigenvalue weighted by atomic mass is 32.1. The molecule has 3 aliphatic heterocycles. The molecule has 49 heavy (non-hydrogen) atoms. The van der Waals surface area contributed by atoms with E-state index in [0.717, 1.165) is 24.6 Å². The Hall–Kier alpha value is -4.62. The van der Waals surface area contributed by atoms with Crippen LogP contribution in [0.25, 0.3) is 32.1 Å². The third-order valence-corrected chi connectivity index (χ3v) is 10.5. The number of likely N-dealkylation sites (tertiary alicyclic amines) is 1. The van der Waals surface area contributed by atoms with Gasteiger partial charge in [0.05, 0.1) is 33.3 Å². The minimum absolute atomic E-state index is 0.0587. The van der Waals surface area contributed by atoms with E-state index >= 15 is 4.39 Å². The second kappa shape index (κ2) is 12.1. The Bertz CT molecular complexity index is 2070. The summed E-state index contributed by atoms with van der Waals surface area (Å²) < 4.78 is 102. The van der Waals surface area contributed by atoms with Crippen molar-refractivity contribution in [2.45, 2.75) is 49.7 Å². The number of fused-ring (bicyclic) bond motifs is 3. The molecule has 256 valence electrons. The number of anilines is 1. The number of nitrogens with zero attached hydrogens (tertiary/aromatic N) is 5. The van der Waals surface area contributed by atoms with E-state index in [0.29, 0.717) is 36.8 Å². The van der Waals surface area contributed by atoms with Crippen molar-refractivity contribution in [3.05, 3.63) is 53.6 Å². The number of carbonyl (C=O) groups is 1. The number of benzene rings is 2. The molecule has 5 heterocycles. The molecule has 0 radical (unpaired) electrons. The molecule has 3 aliphatic rings. The number of rotatable bonds is 7. The lowest BCUT2D eigenvalue weighted by Crippen LogP contribution is -2.43. The summed E-state index contributed by atoms with van der Waals surface area (Å²) in [6.07, 6.45) is -3.85. The lowest BCUT2D eigenvalue weighted by atomic mass is 9.92. The van der Waals surface area contributed by atoms with Gasteiger partial charge >= 0.3 is 12.2 Å². The van der Waals surface area contributed by atoms with Crippen LogP contribution in [-0.2, 0) is 11.0 Å². The van der Waals surface area contributed by atoms with E-state index in [1.54, 1.807) is 6.07 Å². The van der Waals surface area contributed by atoms with Crippen molar-refractivity contribution in [3.8, 4) is 29.1 Å². The summed E-state index contributed by atoms with van der Waals surface area (Å²) in [5.74, 6) is -3.06. The molecule has 3 atom stereocenters. The summed E-state index contributed by atoms with van der Waals surface area (Å²) >= 11 is 0.660. The third kappa shape index (κ3) is 5.58. The van der Waals surface area contributed by atoms with E-state index in [-0.39, 0.29) is 59.2 Å². The molecule has 16 heteroatoms. The van der Waals surface area contributed by atoms with Crippen LogP contribution in [0.5, 0.6) is 11.9 Å². The maximum atomic E-state index is 16.9. The smallest absolute Gasteiger partial charge is 0.417 e. The van der Waals surface area contributed by atoms with Crippen LogP contribution in [0.1, 0.15) is 36.8 Å². The number of ether oxygens (including phenoxy) is 2. The number of halogens is 6. The van der Waals surface area contributed by atoms with Crippen LogP contribution in [0.4, 0.5) is 31.3 Å². The molecule has 2 aromatic heterocycles. The van der Waals surface area contributed by atoms with Gasteiger partial charge in [0, 0.05) is 36.9 Å². The molecule has 2 aromatic carbocycles. The standard InChI is InChI=1S/C33H28F6N6O3S/c1-2-23(46)44-9-6-17(14-44)48-30-19-10-21(33(37,38)39)25(18-4-5-22(35)28-24(18)20(12-40)29(41)49-28)26(36)27(19)42-31(43-30)47-15-32-7-3-8-45(32)13-16(34)11-32/h2,4-5,10,16-17H,1,3,6-9,11,13-15,41H2/t16-,17-,32+/m1/s1. The van der Waals surface area contributed by atoms with Crippen molar-refractivity contribution in [2.24, 2.45) is 0 Å². The number of hydrogen-bond donors (Lipinski definition) is 1. The summed E-state index contributed by atoms with van der Waals surface area (Å²) in [4.78, 5) is 24.1. The summed E-state index contributed by atoms with van der Waals surface area (Å²) in [5.41, 5.74) is 1.56. The molecule has 0 aliphatic carbocycles. The van der Waals surface area contributed by atoms with Crippen LogP contribution in [-0.4, -0.2) is 76.3 Å². The summed E-state index contributed by atoms with van der Waals surface area (Å²) in [7, 11) is 0. The predicted octanol–water partition coefficient (Wildman–Crippen LogP) is 6.38. The average Bonchev–Trinajstić information content (AvgIpc) is 3.82. The van der Waals surface area contributed by atoms with E-state index in [1.807, 2.05) is 4.90 Å². The molecule has 4 aromatic rings. The van der Waals surface area contributed by atoms with E-state index in [9.17, 15) is 32.0 Å². The number of aromatic nitrogens is 2. The maximum Gasteiger partial charge on any atom is 0.417 e. The van der Waals surface area contributed by atoms with Gasteiger partial charge in [-0.1, -0.05) is 12.6 Å². The van der Waals surface area contributed by atoms with Crippen LogP contribution < -0.4 is 15.2 Å². The Morgan fingerprint density at radius 1 is 1.24 bits per heavy atom. The summed E-state index contributed by atoms with van der Waals surface area (Å²) in [6, 6.07) is 3.87. The van der Waals surface area contributed by atoms with Crippen molar-refractivity contribution in [2.75, 3.05) is 38.5 Å². The Kier molecular flexibility index (Phi) is 8.10. The van der Waals surface area contributed by atoms with Crippen LogP contribution in [0.3, 0.4) is 0 Å². The Labute approximate surface area is 279 Å². The van der Waals surface area contributed by atoms with Crippen LogP contribution in [0.2, 0.25) is 0 Å². The van der Waals surface area contributed by atoms with Crippen molar-refractivity contribution in [1.82, 2.24) is 19.8 Å². The Morgan fingerprint density at radius 2 is 2.04 bits per heavy atom. The van der Waals surface area contributed by atoms with Gasteiger partial charge in [0.25, 0.3) is 0 Å². The van der Waals surface area contributed by atoms with Crippen LogP contribution >= 0.6 is 11.3 Å². The van der Waals surface area contributed by atoms with Gasteiger partial charge in [-0.3, -0.25) is 9.69 Å². The molecule has 1 amide bonds. The zero-order valence-electron chi connectivity index (χ0n) is 25.7. The molecule has 0 saturated carbocycles. The van der Waals surface area contributed by atoms with Crippen molar-refractivity contribution < 1.29 is 40.6 Å². The van der Waals surface area contributed by atoms with Gasteiger partial charge in [-0.2, -0.15) is 28.4 Å². The van der Waals surface area contributed by atoms with E-state index < -0.39 is 75.1 Å². The fraction of sp³-hybridized carbons (Fsp3) is 0.394. The molecule has 0 bridgehead atoms. The zero-order chi connectivity index (χ0) is 34.8. The fourth-order valence-corrected chi connectivity index (χ4v) is 8.24. The second-order valence-corrected chi connectivity index (χ2v) is 13.5. The van der Waals surface area contributed by atoms with Gasteiger partial charge < -0.3 is 20.1 Å². The molecule has 7 rings (SSSR count). The minimum atomic E-state index is -5.15. The van der Waals surface area contributed by atoms with Gasteiger partial charge in [0.1, 0.15) is 41.3 Å². The molecule has 3 saturated heterocycles. The number of nitriles is 1. The fourth-order valence-electron chi connectivity index (χ4n) is 7.29. The van der Waals surface area contributed by atoms with E-state index in [1.165, 1.54) is 4.90 Å². The normalized spacial score (nSPS) is 22.5. The van der Waals surface area contributed by atoms with Gasteiger partial charge in [-0.15, -0.1) is 11.3 Å². The monoisotopic (exact) mass is 702 g/mol. The highest BCUT2D eigenvalue weighted by Gasteiger charge is 2.49. The SMILES string of the molecule is C=CC(=O)N1CC[C@@H](Oc2nc(OC[C@@]34CCCN3C[C@H](F)C4)nc3c(F)c(-c4ccc(F)c5sc(N)c(C#N)c45)c(C(F)(F)F)cc23)C1. The van der Waals surface area contributed by atoms with Crippen molar-refractivity contribution >= 4 is 43.2 Å². The number of carbonyl (C=O) groups excluding carboxylic acids is 1. The predicted molar refractivity (Wildman–Crippen MR) is 169 cm³/mol. The zero-order valence-corrected chi connectivity index (χ0v) is 26.6. The van der Waals surface area contributed by atoms with Gasteiger partial charge in [0.15, 0.2) is 5.82 Å². The Balaban J connectivity index is 1.41. The average molecular weight is 703 g/mol. The molecular weight excluding hydrogens is 674 g/mol. The lowest BCUT2D eigenvalue weighted by Gasteiger charge is -2.30. The van der Waals surface area contributed by atoms with E-state index in [4.69, 9.17) is 15.2 Å². The number of thiophene rings is 1. The number of amides is 1. The van der Waals surface area contributed by atoms with Gasteiger partial charge in [-0.25, -0.2) is 13.2 Å². The number of nitrogens with two attached hydrogens (primary N) is 1. The molecular formula is C33H28F6N6O3S. The molecule has 0 spiro atoms. The summed E-state index contributed by atoms with van der Waals surface area (Å²) in [6.45, 7) is 4.66. The Morgan fingerprint density at radius 3 is 2.78 bits per heavy atom. The van der Waals surface area contributed by atoms with E-state index in [2.05, 4.69) is 16.5 Å². The van der Waals surface area contributed by atoms with Gasteiger partial charge in [0.2, 0.25) is 11.8 Å². The quantitative estimate of drug-likeness (QED) is 0.174. The number of nitrogen functional groups attached to an aromatic ring is 1. The van der Waals surface area contributed by atoms with Crippen LogP contribution in [0.15, 0.2) is 30.9 Å². The molecule has 9 nitrogen and oxygen atoms in total. The van der Waals surface area contributed by atoms with Crippen molar-refractivity contribution in [1.29, 1.82) is 5.26 Å². The lowest BCUT2D eigenvalue weighted by molar-refractivity contribution is -0.137. The molecule has 3 fully saturated rings. The summed E-state index contributed by atoms with van der Waals surface area (Å²) in [5, 5.41) is 8.93. The maximum absolute atomic E-state index is 16.9. The molecule has 0 unspecified atom stereocenters.